The van der Waals surface area contributed by atoms with Crippen LogP contribution in [0.5, 0.6) is 5.75 Å². The molecule has 0 N–H and O–H groups in total. The normalized spacial score (nSPS) is 13.0. The standard InChI is InChI=1S/C31H49FN2O/c1-4-6-8-9-10-11-12-13-15-27-24-33-31(34-25-27)28-17-20-30(21-18-28)35-23-22-29(32)19-16-26(3)14-7-5-2/h17-18,20-21,24-26,29H,4-16,19,22-23H2,1-3H3. The Morgan fingerprint density at radius 1 is 0.743 bits per heavy atom. The molecule has 35 heavy (non-hydrogen) atoms. The fourth-order valence-electron chi connectivity index (χ4n) is 4.41. The van der Waals surface area contributed by atoms with Crippen molar-refractivity contribution in [3.05, 3.63) is 42.2 Å². The third kappa shape index (κ3) is 13.1. The number of halogens is 1. The van der Waals surface area contributed by atoms with E-state index in [0.29, 0.717) is 25.4 Å². The zero-order valence-corrected chi connectivity index (χ0v) is 22.6. The van der Waals surface area contributed by atoms with Gasteiger partial charge in [-0.2, -0.15) is 0 Å². The number of alkyl halides is 1. The minimum absolute atomic E-state index is 0.411. The minimum Gasteiger partial charge on any atom is -0.493 e. The van der Waals surface area contributed by atoms with Crippen molar-refractivity contribution in [1.29, 1.82) is 0 Å². The highest BCUT2D eigenvalue weighted by atomic mass is 19.1. The quantitative estimate of drug-likeness (QED) is 0.175. The summed E-state index contributed by atoms with van der Waals surface area (Å²) in [4.78, 5) is 9.13. The van der Waals surface area contributed by atoms with Crippen LogP contribution < -0.4 is 4.74 Å². The van der Waals surface area contributed by atoms with Crippen molar-refractivity contribution in [3.63, 3.8) is 0 Å². The smallest absolute Gasteiger partial charge is 0.159 e. The van der Waals surface area contributed by atoms with Crippen LogP contribution in [0, 0.1) is 5.92 Å². The molecule has 3 nitrogen and oxygen atoms in total. The zero-order valence-electron chi connectivity index (χ0n) is 22.6. The molecule has 0 fully saturated rings. The van der Waals surface area contributed by atoms with E-state index in [1.807, 2.05) is 36.7 Å². The van der Waals surface area contributed by atoms with Gasteiger partial charge in [0.1, 0.15) is 11.9 Å². The second-order valence-electron chi connectivity index (χ2n) is 10.2. The summed E-state index contributed by atoms with van der Waals surface area (Å²) in [6.07, 6.45) is 20.5. The maximum absolute atomic E-state index is 14.2. The Hall–Kier alpha value is -1.97. The van der Waals surface area contributed by atoms with Gasteiger partial charge in [-0.1, -0.05) is 85.0 Å². The Balaban J connectivity index is 1.64. The summed E-state index contributed by atoms with van der Waals surface area (Å²) < 4.78 is 20.0. The fourth-order valence-corrected chi connectivity index (χ4v) is 4.41. The van der Waals surface area contributed by atoms with Crippen LogP contribution in [0.1, 0.15) is 116 Å². The topological polar surface area (TPSA) is 35.0 Å². The Bertz CT molecular complexity index is 763. The first kappa shape index (κ1) is 29.3. The Labute approximate surface area is 214 Å². The SMILES string of the molecule is CCCCCCCCCCc1cnc(-c2ccc(OCCC(F)CCC(C)CCCC)cc2)nc1. The lowest BCUT2D eigenvalue weighted by Gasteiger charge is -2.13. The van der Waals surface area contributed by atoms with Crippen LogP contribution in [0.3, 0.4) is 0 Å². The predicted octanol–water partition coefficient (Wildman–Crippen LogP) is 9.54. The van der Waals surface area contributed by atoms with Crippen molar-refractivity contribution in [2.45, 2.75) is 123 Å². The van der Waals surface area contributed by atoms with Crippen molar-refractivity contribution >= 4 is 0 Å². The van der Waals surface area contributed by atoms with Gasteiger partial charge in [-0.3, -0.25) is 0 Å². The molecule has 196 valence electrons. The van der Waals surface area contributed by atoms with Crippen LogP contribution in [-0.4, -0.2) is 22.7 Å². The first-order chi connectivity index (χ1) is 17.1. The van der Waals surface area contributed by atoms with Crippen LogP contribution in [0.4, 0.5) is 4.39 Å². The van der Waals surface area contributed by atoms with Crippen molar-refractivity contribution in [3.8, 4) is 17.1 Å². The molecule has 0 bridgehead atoms. The number of hydrogen-bond acceptors (Lipinski definition) is 3. The highest BCUT2D eigenvalue weighted by molar-refractivity contribution is 5.55. The van der Waals surface area contributed by atoms with Crippen LogP contribution >= 0.6 is 0 Å². The summed E-state index contributed by atoms with van der Waals surface area (Å²) in [5, 5.41) is 0. The van der Waals surface area contributed by atoms with Crippen LogP contribution in [0.15, 0.2) is 36.7 Å². The highest BCUT2D eigenvalue weighted by Crippen LogP contribution is 2.21. The largest absolute Gasteiger partial charge is 0.493 e. The summed E-state index contributed by atoms with van der Waals surface area (Å²) in [6.45, 7) is 7.11. The summed E-state index contributed by atoms with van der Waals surface area (Å²) >= 11 is 0. The number of benzene rings is 1. The molecule has 0 aliphatic heterocycles. The van der Waals surface area contributed by atoms with Gasteiger partial charge in [-0.05, 0) is 61.4 Å². The van der Waals surface area contributed by atoms with E-state index >= 15 is 0 Å². The highest BCUT2D eigenvalue weighted by Gasteiger charge is 2.10. The number of nitrogens with zero attached hydrogens (tertiary/aromatic N) is 2. The number of hydrogen-bond donors (Lipinski definition) is 0. The van der Waals surface area contributed by atoms with E-state index in [1.54, 1.807) is 0 Å². The van der Waals surface area contributed by atoms with Gasteiger partial charge in [0.2, 0.25) is 0 Å². The van der Waals surface area contributed by atoms with Gasteiger partial charge < -0.3 is 4.74 Å². The molecule has 2 aromatic rings. The van der Waals surface area contributed by atoms with Crippen LogP contribution in [0.2, 0.25) is 0 Å². The summed E-state index contributed by atoms with van der Waals surface area (Å²) in [6, 6.07) is 7.80. The number of aromatic nitrogens is 2. The molecular weight excluding hydrogens is 435 g/mol. The van der Waals surface area contributed by atoms with E-state index in [9.17, 15) is 4.39 Å². The van der Waals surface area contributed by atoms with Gasteiger partial charge in [0.05, 0.1) is 6.61 Å². The van der Waals surface area contributed by atoms with Gasteiger partial charge in [0.15, 0.2) is 5.82 Å². The van der Waals surface area contributed by atoms with Gasteiger partial charge in [-0.25, -0.2) is 14.4 Å². The molecule has 2 atom stereocenters. The maximum atomic E-state index is 14.2. The van der Waals surface area contributed by atoms with Crippen LogP contribution in [0.25, 0.3) is 11.4 Å². The molecular formula is C31H49FN2O. The van der Waals surface area contributed by atoms with Crippen molar-refractivity contribution < 1.29 is 9.13 Å². The lowest BCUT2D eigenvalue weighted by atomic mass is 9.97. The number of aryl methyl sites for hydroxylation is 1. The van der Waals surface area contributed by atoms with E-state index < -0.39 is 6.17 Å². The maximum Gasteiger partial charge on any atom is 0.159 e. The Morgan fingerprint density at radius 3 is 2.03 bits per heavy atom. The summed E-state index contributed by atoms with van der Waals surface area (Å²) in [5.74, 6) is 2.11. The number of ether oxygens (including phenoxy) is 1. The Morgan fingerprint density at radius 2 is 1.37 bits per heavy atom. The van der Waals surface area contributed by atoms with Gasteiger partial charge in [-0.15, -0.1) is 0 Å². The minimum atomic E-state index is -0.781. The number of unbranched alkanes of at least 4 members (excludes halogenated alkanes) is 8. The molecule has 0 radical (unpaired) electrons. The summed E-state index contributed by atoms with van der Waals surface area (Å²) in [5.41, 5.74) is 2.18. The molecule has 2 unspecified atom stereocenters. The molecule has 0 saturated carbocycles. The molecule has 0 aliphatic rings. The molecule has 1 heterocycles. The molecule has 0 amide bonds. The van der Waals surface area contributed by atoms with E-state index in [1.165, 1.54) is 76.2 Å². The summed E-state index contributed by atoms with van der Waals surface area (Å²) in [7, 11) is 0. The molecule has 1 aromatic carbocycles. The van der Waals surface area contributed by atoms with E-state index in [2.05, 4.69) is 30.7 Å². The van der Waals surface area contributed by atoms with E-state index in [-0.39, 0.29) is 0 Å². The van der Waals surface area contributed by atoms with Gasteiger partial charge in [0, 0.05) is 24.4 Å². The first-order valence-electron chi connectivity index (χ1n) is 14.3. The van der Waals surface area contributed by atoms with Crippen molar-refractivity contribution in [1.82, 2.24) is 9.97 Å². The average Bonchev–Trinajstić information content (AvgIpc) is 2.88. The van der Waals surface area contributed by atoms with E-state index in [4.69, 9.17) is 4.74 Å². The molecule has 2 rings (SSSR count). The average molecular weight is 485 g/mol. The van der Waals surface area contributed by atoms with Crippen molar-refractivity contribution in [2.75, 3.05) is 6.61 Å². The predicted molar refractivity (Wildman–Crippen MR) is 147 cm³/mol. The second-order valence-corrected chi connectivity index (χ2v) is 10.2. The lowest BCUT2D eigenvalue weighted by molar-refractivity contribution is 0.216. The molecule has 4 heteroatoms. The van der Waals surface area contributed by atoms with Gasteiger partial charge in [0.25, 0.3) is 0 Å². The Kier molecular flexibility index (Phi) is 15.3. The molecule has 1 aromatic heterocycles. The molecule has 0 spiro atoms. The van der Waals surface area contributed by atoms with Crippen LogP contribution in [-0.2, 0) is 6.42 Å². The zero-order chi connectivity index (χ0) is 25.1. The number of rotatable bonds is 20. The molecule has 0 aliphatic carbocycles. The fraction of sp³-hybridized carbons (Fsp3) is 0.677. The van der Waals surface area contributed by atoms with Gasteiger partial charge >= 0.3 is 0 Å². The molecule has 0 saturated heterocycles. The lowest BCUT2D eigenvalue weighted by Crippen LogP contribution is -2.09. The second kappa shape index (κ2) is 18.3. The third-order valence-corrected chi connectivity index (χ3v) is 6.86. The first-order valence-corrected chi connectivity index (χ1v) is 14.3. The van der Waals surface area contributed by atoms with E-state index in [0.717, 1.165) is 30.0 Å². The third-order valence-electron chi connectivity index (χ3n) is 6.86. The van der Waals surface area contributed by atoms with Crippen molar-refractivity contribution in [2.24, 2.45) is 5.92 Å². The monoisotopic (exact) mass is 484 g/mol.